The normalized spacial score (nSPS) is 24.4. The number of hydrogen-bond acceptors (Lipinski definition) is 7. The van der Waals surface area contributed by atoms with Crippen LogP contribution in [0.3, 0.4) is 0 Å². The fourth-order valence-electron chi connectivity index (χ4n) is 6.80. The first-order chi connectivity index (χ1) is 19.5. The van der Waals surface area contributed by atoms with E-state index in [1.807, 2.05) is 18.2 Å². The molecule has 4 aliphatic rings. The number of fused-ring (bicyclic) bond motifs is 4. The second-order valence-electron chi connectivity index (χ2n) is 11.1. The van der Waals surface area contributed by atoms with Crippen LogP contribution in [0, 0.1) is 23.6 Å². The van der Waals surface area contributed by atoms with Gasteiger partial charge in [-0.2, -0.15) is 0 Å². The second kappa shape index (κ2) is 10.2. The maximum Gasteiger partial charge on any atom is 0.308 e. The van der Waals surface area contributed by atoms with Gasteiger partial charge in [0.25, 0.3) is 0 Å². The van der Waals surface area contributed by atoms with Crippen LogP contribution in [0.25, 0.3) is 33.7 Å². The number of benzene rings is 1. The number of nitrogens with one attached hydrogen (secondary N) is 2. The molecule has 3 saturated carbocycles. The molecule has 1 saturated heterocycles. The summed E-state index contributed by atoms with van der Waals surface area (Å²) in [6.45, 7) is 3.13. The van der Waals surface area contributed by atoms with Crippen LogP contribution >= 0.6 is 0 Å². The Balaban J connectivity index is 1.29. The summed E-state index contributed by atoms with van der Waals surface area (Å²) in [5.41, 5.74) is 3.92. The molecular formula is C30H31FN6O3. The van der Waals surface area contributed by atoms with Crippen molar-refractivity contribution in [1.29, 1.82) is 0 Å². The molecule has 1 aromatic carbocycles. The molecule has 3 N–H and O–H groups in total. The summed E-state index contributed by atoms with van der Waals surface area (Å²) in [6, 6.07) is 11.4. The Morgan fingerprint density at radius 1 is 1.05 bits per heavy atom. The zero-order valence-electron chi connectivity index (χ0n) is 22.0. The molecule has 3 aliphatic carbocycles. The summed E-state index contributed by atoms with van der Waals surface area (Å²) < 4.78 is 19.6. The molecule has 8 rings (SSSR count). The van der Waals surface area contributed by atoms with Gasteiger partial charge in [-0.05, 0) is 55.7 Å². The van der Waals surface area contributed by atoms with Crippen molar-refractivity contribution in [3.05, 3.63) is 54.6 Å². The molecule has 2 atom stereocenters. The van der Waals surface area contributed by atoms with Crippen LogP contribution in [-0.4, -0.2) is 63.4 Å². The van der Waals surface area contributed by atoms with Crippen LogP contribution in [0.15, 0.2) is 48.8 Å². The summed E-state index contributed by atoms with van der Waals surface area (Å²) in [5.74, 6) is -0.192. The van der Waals surface area contributed by atoms with Gasteiger partial charge in [0.05, 0.1) is 31.0 Å². The minimum absolute atomic E-state index is 0.177. The lowest BCUT2D eigenvalue weighted by atomic mass is 9.61. The number of carboxylic acids is 1. The highest BCUT2D eigenvalue weighted by molar-refractivity contribution is 5.92. The molecule has 9 nitrogen and oxygen atoms in total. The van der Waals surface area contributed by atoms with Crippen molar-refractivity contribution in [1.82, 2.24) is 19.9 Å². The van der Waals surface area contributed by atoms with Gasteiger partial charge in [0.2, 0.25) is 0 Å². The van der Waals surface area contributed by atoms with Crippen molar-refractivity contribution in [3.8, 4) is 22.6 Å². The summed E-state index contributed by atoms with van der Waals surface area (Å²) in [5, 5.41) is 14.2. The maximum atomic E-state index is 14.1. The molecule has 3 aromatic heterocycles. The molecule has 0 amide bonds. The van der Waals surface area contributed by atoms with Crippen molar-refractivity contribution in [2.24, 2.45) is 17.8 Å². The van der Waals surface area contributed by atoms with Gasteiger partial charge in [0.15, 0.2) is 5.82 Å². The number of aliphatic carboxylic acids is 1. The van der Waals surface area contributed by atoms with Gasteiger partial charge in [-0.25, -0.2) is 19.3 Å². The number of anilines is 2. The number of aromatic amines is 1. The molecule has 0 radical (unpaired) electrons. The third-order valence-electron chi connectivity index (χ3n) is 8.82. The van der Waals surface area contributed by atoms with Gasteiger partial charge < -0.3 is 25.0 Å². The van der Waals surface area contributed by atoms with E-state index in [9.17, 15) is 14.3 Å². The molecule has 4 heterocycles. The maximum absolute atomic E-state index is 14.1. The van der Waals surface area contributed by atoms with E-state index in [1.165, 1.54) is 12.3 Å². The fourth-order valence-corrected chi connectivity index (χ4v) is 6.80. The zero-order valence-corrected chi connectivity index (χ0v) is 22.0. The minimum atomic E-state index is -0.752. The van der Waals surface area contributed by atoms with E-state index in [0.29, 0.717) is 47.1 Å². The standard InChI is InChI=1S/C30H31FN6O3/c31-20-13-22-23(16-33-28(22)32-15-20)29-34-24(17-5-7-21(8-6-17)37-9-11-40-12-10-37)14-25(36-29)35-27-19-3-1-18(2-4-19)26(27)30(38)39/h5-8,13-16,18-19,26-27H,1-4,9-12H2,(H,32,33)(H,38,39)(H,34,35,36)/t18?,19?,26?,27-/m0/s1. The lowest BCUT2D eigenvalue weighted by Crippen LogP contribution is -2.51. The van der Waals surface area contributed by atoms with Crippen molar-refractivity contribution >= 4 is 28.5 Å². The number of halogens is 1. The van der Waals surface area contributed by atoms with Crippen LogP contribution in [0.4, 0.5) is 15.9 Å². The molecule has 4 fully saturated rings. The third-order valence-corrected chi connectivity index (χ3v) is 8.82. The van der Waals surface area contributed by atoms with Gasteiger partial charge in [0.1, 0.15) is 17.3 Å². The fraction of sp³-hybridized carbons (Fsp3) is 0.400. The van der Waals surface area contributed by atoms with E-state index in [2.05, 4.69) is 32.3 Å². The first kappa shape index (κ1) is 25.0. The van der Waals surface area contributed by atoms with Crippen LogP contribution in [-0.2, 0) is 9.53 Å². The number of rotatable bonds is 6. The Kier molecular flexibility index (Phi) is 6.34. The number of hydrogen-bond donors (Lipinski definition) is 3. The first-order valence-electron chi connectivity index (χ1n) is 14.0. The predicted molar refractivity (Wildman–Crippen MR) is 150 cm³/mol. The molecular weight excluding hydrogens is 511 g/mol. The van der Waals surface area contributed by atoms with E-state index < -0.39 is 17.7 Å². The number of pyridine rings is 1. The summed E-state index contributed by atoms with van der Waals surface area (Å²) in [7, 11) is 0. The topological polar surface area (TPSA) is 116 Å². The van der Waals surface area contributed by atoms with E-state index in [0.717, 1.165) is 50.0 Å². The van der Waals surface area contributed by atoms with Gasteiger partial charge in [-0.3, -0.25) is 4.79 Å². The van der Waals surface area contributed by atoms with E-state index >= 15 is 0 Å². The smallest absolute Gasteiger partial charge is 0.308 e. The Hall–Kier alpha value is -4.05. The van der Waals surface area contributed by atoms with Crippen molar-refractivity contribution in [2.45, 2.75) is 31.7 Å². The molecule has 2 bridgehead atoms. The number of nitrogens with zero attached hydrogens (tertiary/aromatic N) is 4. The number of carboxylic acid groups (broad SMARTS) is 1. The third kappa shape index (κ3) is 4.56. The number of aromatic nitrogens is 4. The monoisotopic (exact) mass is 542 g/mol. The quantitative estimate of drug-likeness (QED) is 0.313. The van der Waals surface area contributed by atoms with Crippen molar-refractivity contribution in [3.63, 3.8) is 0 Å². The van der Waals surface area contributed by atoms with E-state index in [4.69, 9.17) is 14.7 Å². The van der Waals surface area contributed by atoms with Gasteiger partial charge >= 0.3 is 5.97 Å². The molecule has 4 aromatic rings. The lowest BCUT2D eigenvalue weighted by Gasteiger charge is -2.47. The Morgan fingerprint density at radius 2 is 1.80 bits per heavy atom. The highest BCUT2D eigenvalue weighted by Crippen LogP contribution is 2.46. The lowest BCUT2D eigenvalue weighted by molar-refractivity contribution is -0.148. The molecule has 0 spiro atoms. The highest BCUT2D eigenvalue weighted by Gasteiger charge is 2.47. The number of carbonyl (C=O) groups is 1. The minimum Gasteiger partial charge on any atom is -0.481 e. The molecule has 10 heteroatoms. The Labute approximate surface area is 230 Å². The van der Waals surface area contributed by atoms with Crippen LogP contribution in [0.1, 0.15) is 25.7 Å². The summed E-state index contributed by atoms with van der Waals surface area (Å²) in [4.78, 5) is 31.6. The molecule has 1 unspecified atom stereocenters. The highest BCUT2D eigenvalue weighted by atomic mass is 19.1. The average molecular weight is 543 g/mol. The average Bonchev–Trinajstić information content (AvgIpc) is 3.41. The number of H-pyrrole nitrogens is 1. The van der Waals surface area contributed by atoms with Crippen molar-refractivity contribution < 1.29 is 19.0 Å². The van der Waals surface area contributed by atoms with Gasteiger partial charge in [-0.1, -0.05) is 12.1 Å². The SMILES string of the molecule is O=C(O)C1C2CCC(CC2)[C@@H]1Nc1cc(-c2ccc(N3CCOCC3)cc2)nc(-c2c[nH]c3ncc(F)cc23)n1. The van der Waals surface area contributed by atoms with Crippen LogP contribution in [0.5, 0.6) is 0 Å². The van der Waals surface area contributed by atoms with E-state index in [1.54, 1.807) is 6.20 Å². The Bertz CT molecular complexity index is 1540. The Morgan fingerprint density at radius 3 is 2.55 bits per heavy atom. The van der Waals surface area contributed by atoms with Crippen LogP contribution < -0.4 is 10.2 Å². The van der Waals surface area contributed by atoms with E-state index in [-0.39, 0.29) is 17.9 Å². The van der Waals surface area contributed by atoms with Crippen LogP contribution in [0.2, 0.25) is 0 Å². The van der Waals surface area contributed by atoms with Gasteiger partial charge in [-0.15, -0.1) is 0 Å². The number of morpholine rings is 1. The molecule has 206 valence electrons. The molecule has 1 aliphatic heterocycles. The van der Waals surface area contributed by atoms with Gasteiger partial charge in [0, 0.05) is 53.6 Å². The number of ether oxygens (including phenoxy) is 1. The summed E-state index contributed by atoms with van der Waals surface area (Å²) >= 11 is 0. The van der Waals surface area contributed by atoms with Crippen molar-refractivity contribution in [2.75, 3.05) is 36.5 Å². The summed E-state index contributed by atoms with van der Waals surface area (Å²) in [6.07, 6.45) is 6.88. The molecule has 40 heavy (non-hydrogen) atoms. The first-order valence-corrected chi connectivity index (χ1v) is 14.0. The predicted octanol–water partition coefficient (Wildman–Crippen LogP) is 4.96. The second-order valence-corrected chi connectivity index (χ2v) is 11.1. The zero-order chi connectivity index (χ0) is 27.2. The largest absolute Gasteiger partial charge is 0.481 e.